The van der Waals surface area contributed by atoms with Gasteiger partial charge in [0.2, 0.25) is 0 Å². The van der Waals surface area contributed by atoms with E-state index < -0.39 is 0 Å². The Bertz CT molecular complexity index is 1430. The number of nitrogens with zero attached hydrogens (tertiary/aromatic N) is 4. The number of piperidine rings is 1. The molecule has 4 heterocycles. The van der Waals surface area contributed by atoms with Crippen molar-refractivity contribution >= 4 is 11.6 Å². The summed E-state index contributed by atoms with van der Waals surface area (Å²) in [5, 5.41) is 7.81. The Morgan fingerprint density at radius 3 is 2.71 bits per heavy atom. The maximum absolute atomic E-state index is 13.0. The number of aromatic nitrogens is 3. The van der Waals surface area contributed by atoms with Crippen molar-refractivity contribution in [2.24, 2.45) is 5.92 Å². The molecule has 0 bridgehead atoms. The zero-order valence-corrected chi connectivity index (χ0v) is 21.7. The average molecular weight is 512 g/mol. The van der Waals surface area contributed by atoms with Crippen LogP contribution in [-0.4, -0.2) is 58.3 Å². The molecule has 38 heavy (non-hydrogen) atoms. The van der Waals surface area contributed by atoms with E-state index in [4.69, 9.17) is 14.6 Å². The molecule has 4 aromatic rings. The summed E-state index contributed by atoms with van der Waals surface area (Å²) in [6.07, 6.45) is 4.90. The standard InChI is InChI=1S/C30H33N5O3/c1-21-25(19-32-28-18-26(33-35(21)28)23-6-3-2-4-7-23)30(36)31-13-10-22-11-14-34(15-12-22)20-24-8-5-9-27-29(24)38-17-16-37-27/h2-9,18-19,22H,10-17,20H2,1H3,(H,31,36). The number of likely N-dealkylation sites (tertiary alicyclic amines) is 1. The van der Waals surface area contributed by atoms with Crippen LogP contribution in [0.1, 0.15) is 40.9 Å². The van der Waals surface area contributed by atoms with Gasteiger partial charge in [0.05, 0.1) is 17.0 Å². The van der Waals surface area contributed by atoms with E-state index >= 15 is 0 Å². The van der Waals surface area contributed by atoms with Gasteiger partial charge >= 0.3 is 0 Å². The number of hydrogen-bond acceptors (Lipinski definition) is 6. The first-order chi connectivity index (χ1) is 18.7. The zero-order chi connectivity index (χ0) is 25.9. The lowest BCUT2D eigenvalue weighted by Crippen LogP contribution is -2.35. The lowest BCUT2D eigenvalue weighted by atomic mass is 9.93. The van der Waals surface area contributed by atoms with Gasteiger partial charge in [0, 0.05) is 36.5 Å². The maximum Gasteiger partial charge on any atom is 0.254 e. The number of carbonyl (C=O) groups is 1. The predicted octanol–water partition coefficient (Wildman–Crippen LogP) is 4.51. The summed E-state index contributed by atoms with van der Waals surface area (Å²) in [6, 6.07) is 18.1. The number of carbonyl (C=O) groups excluding carboxylic acids is 1. The van der Waals surface area contributed by atoms with Crippen LogP contribution >= 0.6 is 0 Å². The minimum atomic E-state index is -0.0952. The van der Waals surface area contributed by atoms with Gasteiger partial charge in [0.1, 0.15) is 13.2 Å². The summed E-state index contributed by atoms with van der Waals surface area (Å²) in [4.78, 5) is 20.0. The highest BCUT2D eigenvalue weighted by Crippen LogP contribution is 2.35. The number of fused-ring (bicyclic) bond motifs is 2. The van der Waals surface area contributed by atoms with Gasteiger partial charge < -0.3 is 14.8 Å². The Balaban J connectivity index is 1.00. The number of benzene rings is 2. The van der Waals surface area contributed by atoms with E-state index in [9.17, 15) is 4.79 Å². The Morgan fingerprint density at radius 2 is 1.87 bits per heavy atom. The normalized spacial score (nSPS) is 16.0. The van der Waals surface area contributed by atoms with Crippen LogP contribution in [0, 0.1) is 12.8 Å². The first kappa shape index (κ1) is 24.4. The molecule has 1 fully saturated rings. The quantitative estimate of drug-likeness (QED) is 0.393. The summed E-state index contributed by atoms with van der Waals surface area (Å²) in [6.45, 7) is 6.77. The van der Waals surface area contributed by atoms with Gasteiger partial charge in [-0.3, -0.25) is 9.69 Å². The number of para-hydroxylation sites is 1. The van der Waals surface area contributed by atoms with Crippen LogP contribution in [0.2, 0.25) is 0 Å². The second kappa shape index (κ2) is 10.8. The van der Waals surface area contributed by atoms with Crippen LogP contribution in [-0.2, 0) is 6.54 Å². The van der Waals surface area contributed by atoms with Crippen LogP contribution in [0.25, 0.3) is 16.9 Å². The Kier molecular flexibility index (Phi) is 6.96. The van der Waals surface area contributed by atoms with Crippen LogP contribution in [0.15, 0.2) is 60.8 Å². The third-order valence-electron chi connectivity index (χ3n) is 7.63. The molecule has 1 saturated heterocycles. The second-order valence-electron chi connectivity index (χ2n) is 10.1. The molecule has 2 aliphatic rings. The lowest BCUT2D eigenvalue weighted by Gasteiger charge is -2.33. The fourth-order valence-electron chi connectivity index (χ4n) is 5.44. The molecular formula is C30H33N5O3. The molecular weight excluding hydrogens is 478 g/mol. The second-order valence-corrected chi connectivity index (χ2v) is 10.1. The van der Waals surface area contributed by atoms with Crippen molar-refractivity contribution in [3.63, 3.8) is 0 Å². The molecule has 1 amide bonds. The van der Waals surface area contributed by atoms with E-state index in [2.05, 4.69) is 21.3 Å². The van der Waals surface area contributed by atoms with Gasteiger partial charge in [-0.15, -0.1) is 0 Å². The van der Waals surface area contributed by atoms with Crippen molar-refractivity contribution in [2.45, 2.75) is 32.7 Å². The van der Waals surface area contributed by atoms with E-state index in [0.717, 1.165) is 73.0 Å². The fourth-order valence-corrected chi connectivity index (χ4v) is 5.44. The maximum atomic E-state index is 13.0. The highest BCUT2D eigenvalue weighted by Gasteiger charge is 2.23. The molecule has 8 heteroatoms. The van der Waals surface area contributed by atoms with E-state index in [1.807, 2.05) is 55.5 Å². The Morgan fingerprint density at radius 1 is 1.05 bits per heavy atom. The summed E-state index contributed by atoms with van der Waals surface area (Å²) < 4.78 is 13.4. The molecule has 0 aliphatic carbocycles. The van der Waals surface area contributed by atoms with E-state index in [-0.39, 0.29) is 5.91 Å². The van der Waals surface area contributed by atoms with Crippen molar-refractivity contribution in [2.75, 3.05) is 32.8 Å². The van der Waals surface area contributed by atoms with E-state index in [1.54, 1.807) is 10.7 Å². The third-order valence-corrected chi connectivity index (χ3v) is 7.63. The third kappa shape index (κ3) is 5.09. The van der Waals surface area contributed by atoms with Crippen molar-refractivity contribution in [1.82, 2.24) is 24.8 Å². The molecule has 2 aromatic heterocycles. The monoisotopic (exact) mass is 511 g/mol. The summed E-state index contributed by atoms with van der Waals surface area (Å²) in [7, 11) is 0. The Hall–Kier alpha value is -3.91. The van der Waals surface area contributed by atoms with Gasteiger partial charge in [0.25, 0.3) is 5.91 Å². The molecule has 2 aliphatic heterocycles. The molecule has 1 N–H and O–H groups in total. The number of hydrogen-bond donors (Lipinski definition) is 1. The first-order valence-electron chi connectivity index (χ1n) is 13.4. The van der Waals surface area contributed by atoms with Gasteiger partial charge in [-0.25, -0.2) is 9.50 Å². The summed E-state index contributed by atoms with van der Waals surface area (Å²) >= 11 is 0. The highest BCUT2D eigenvalue weighted by atomic mass is 16.6. The molecule has 6 rings (SSSR count). The highest BCUT2D eigenvalue weighted by molar-refractivity contribution is 5.95. The molecule has 8 nitrogen and oxygen atoms in total. The SMILES string of the molecule is Cc1c(C(=O)NCCC2CCN(Cc3cccc4c3OCCO4)CC2)cnc2cc(-c3ccccc3)nn12. The van der Waals surface area contributed by atoms with Gasteiger partial charge in [0.15, 0.2) is 17.1 Å². The zero-order valence-electron chi connectivity index (χ0n) is 21.7. The number of amides is 1. The number of nitrogens with one attached hydrogen (secondary N) is 1. The minimum Gasteiger partial charge on any atom is -0.486 e. The van der Waals surface area contributed by atoms with Gasteiger partial charge in [-0.2, -0.15) is 5.10 Å². The smallest absolute Gasteiger partial charge is 0.254 e. The van der Waals surface area contributed by atoms with Crippen LogP contribution < -0.4 is 14.8 Å². The van der Waals surface area contributed by atoms with Crippen LogP contribution in [0.4, 0.5) is 0 Å². The lowest BCUT2D eigenvalue weighted by molar-refractivity contribution is 0.0946. The number of ether oxygens (including phenoxy) is 2. The van der Waals surface area contributed by atoms with Crippen molar-refractivity contribution in [1.29, 1.82) is 0 Å². The van der Waals surface area contributed by atoms with Crippen LogP contribution in [0.3, 0.4) is 0 Å². The summed E-state index contributed by atoms with van der Waals surface area (Å²) in [5.41, 5.74) is 5.16. The van der Waals surface area contributed by atoms with Gasteiger partial charge in [-0.1, -0.05) is 42.5 Å². The largest absolute Gasteiger partial charge is 0.486 e. The van der Waals surface area contributed by atoms with Crippen molar-refractivity contribution in [3.8, 4) is 22.8 Å². The van der Waals surface area contributed by atoms with Gasteiger partial charge in [-0.05, 0) is 51.3 Å². The van der Waals surface area contributed by atoms with Crippen molar-refractivity contribution in [3.05, 3.63) is 77.6 Å². The van der Waals surface area contributed by atoms with Crippen LogP contribution in [0.5, 0.6) is 11.5 Å². The fraction of sp³-hybridized carbons (Fsp3) is 0.367. The number of rotatable bonds is 7. The number of aryl methyl sites for hydroxylation is 1. The topological polar surface area (TPSA) is 81.0 Å². The molecule has 0 spiro atoms. The first-order valence-corrected chi connectivity index (χ1v) is 13.4. The Labute approximate surface area is 222 Å². The predicted molar refractivity (Wildman–Crippen MR) is 146 cm³/mol. The van der Waals surface area contributed by atoms with E-state index in [0.29, 0.717) is 31.2 Å². The minimum absolute atomic E-state index is 0.0952. The summed E-state index contributed by atoms with van der Waals surface area (Å²) in [5.74, 6) is 2.27. The molecule has 0 unspecified atom stereocenters. The molecule has 0 atom stereocenters. The molecule has 2 aromatic carbocycles. The molecule has 0 saturated carbocycles. The van der Waals surface area contributed by atoms with E-state index in [1.165, 1.54) is 5.56 Å². The molecule has 196 valence electrons. The average Bonchev–Trinajstić information content (AvgIpc) is 3.40. The molecule has 0 radical (unpaired) electrons. The van der Waals surface area contributed by atoms with Crippen molar-refractivity contribution < 1.29 is 14.3 Å².